The summed E-state index contributed by atoms with van der Waals surface area (Å²) in [6, 6.07) is 15.5. The average molecular weight is 324 g/mol. The molecule has 0 bridgehead atoms. The minimum Gasteiger partial charge on any atom is -0.496 e. The molecule has 124 valence electrons. The van der Waals surface area contributed by atoms with Crippen LogP contribution in [-0.2, 0) is 6.61 Å². The lowest BCUT2D eigenvalue weighted by molar-refractivity contribution is 0.264. The smallest absolute Gasteiger partial charge is 0.254 e. The van der Waals surface area contributed by atoms with E-state index >= 15 is 0 Å². The Bertz CT molecular complexity index is 812. The molecule has 2 aromatic carbocycles. The standard InChI is InChI=1S/C19H20N2O3/c1-13(2)14-7-6-8-15(11-14)23-12-18-20-21-19(24-18)16-9-4-5-10-17(16)22-3/h4-11,13H,12H2,1-3H3. The van der Waals surface area contributed by atoms with Gasteiger partial charge in [0.1, 0.15) is 11.5 Å². The van der Waals surface area contributed by atoms with E-state index in [-0.39, 0.29) is 6.61 Å². The average Bonchev–Trinajstić information content (AvgIpc) is 3.09. The van der Waals surface area contributed by atoms with Crippen LogP contribution in [0.4, 0.5) is 0 Å². The van der Waals surface area contributed by atoms with Gasteiger partial charge in [-0.05, 0) is 35.7 Å². The Morgan fingerprint density at radius 1 is 1.04 bits per heavy atom. The largest absolute Gasteiger partial charge is 0.496 e. The Kier molecular flexibility index (Phi) is 4.79. The first-order valence-electron chi connectivity index (χ1n) is 7.86. The summed E-state index contributed by atoms with van der Waals surface area (Å²) < 4.78 is 16.8. The number of hydrogen-bond donors (Lipinski definition) is 0. The summed E-state index contributed by atoms with van der Waals surface area (Å²) in [4.78, 5) is 0. The van der Waals surface area contributed by atoms with Crippen molar-refractivity contribution in [3.05, 3.63) is 60.0 Å². The summed E-state index contributed by atoms with van der Waals surface area (Å²) in [6.07, 6.45) is 0. The summed E-state index contributed by atoms with van der Waals surface area (Å²) >= 11 is 0. The van der Waals surface area contributed by atoms with Crippen molar-refractivity contribution in [1.82, 2.24) is 10.2 Å². The molecule has 0 amide bonds. The number of methoxy groups -OCH3 is 1. The molecule has 0 fully saturated rings. The van der Waals surface area contributed by atoms with Crippen LogP contribution in [0.3, 0.4) is 0 Å². The Morgan fingerprint density at radius 3 is 2.67 bits per heavy atom. The maximum atomic E-state index is 5.76. The molecule has 5 heteroatoms. The minimum absolute atomic E-state index is 0.226. The topological polar surface area (TPSA) is 57.4 Å². The van der Waals surface area contributed by atoms with Crippen molar-refractivity contribution < 1.29 is 13.9 Å². The van der Waals surface area contributed by atoms with E-state index in [0.717, 1.165) is 11.3 Å². The van der Waals surface area contributed by atoms with Gasteiger partial charge in [-0.25, -0.2) is 0 Å². The number of para-hydroxylation sites is 1. The highest BCUT2D eigenvalue weighted by atomic mass is 16.5. The second-order valence-corrected chi connectivity index (χ2v) is 5.72. The summed E-state index contributed by atoms with van der Waals surface area (Å²) in [5.41, 5.74) is 1.99. The zero-order valence-electron chi connectivity index (χ0n) is 14.0. The minimum atomic E-state index is 0.226. The van der Waals surface area contributed by atoms with Crippen LogP contribution in [0.2, 0.25) is 0 Å². The predicted octanol–water partition coefficient (Wildman–Crippen LogP) is 4.45. The Hall–Kier alpha value is -2.82. The first-order chi connectivity index (χ1) is 11.7. The fourth-order valence-corrected chi connectivity index (χ4v) is 2.35. The van der Waals surface area contributed by atoms with Gasteiger partial charge in [0.25, 0.3) is 11.8 Å². The van der Waals surface area contributed by atoms with Gasteiger partial charge in [0.2, 0.25) is 0 Å². The lowest BCUT2D eigenvalue weighted by Crippen LogP contribution is -1.97. The van der Waals surface area contributed by atoms with Gasteiger partial charge >= 0.3 is 0 Å². The zero-order chi connectivity index (χ0) is 16.9. The molecule has 1 aromatic heterocycles. The normalized spacial score (nSPS) is 10.8. The maximum Gasteiger partial charge on any atom is 0.254 e. The van der Waals surface area contributed by atoms with Crippen molar-refractivity contribution in [3.8, 4) is 23.0 Å². The van der Waals surface area contributed by atoms with Crippen LogP contribution in [0.15, 0.2) is 52.9 Å². The Labute approximate surface area is 141 Å². The summed E-state index contributed by atoms with van der Waals surface area (Å²) in [6.45, 7) is 4.52. The van der Waals surface area contributed by atoms with Gasteiger partial charge in [-0.1, -0.05) is 38.1 Å². The molecule has 0 aliphatic carbocycles. The van der Waals surface area contributed by atoms with E-state index in [9.17, 15) is 0 Å². The van der Waals surface area contributed by atoms with Crippen molar-refractivity contribution in [2.75, 3.05) is 7.11 Å². The van der Waals surface area contributed by atoms with Crippen LogP contribution < -0.4 is 9.47 Å². The fraction of sp³-hybridized carbons (Fsp3) is 0.263. The second-order valence-electron chi connectivity index (χ2n) is 5.72. The number of ether oxygens (including phenoxy) is 2. The number of aromatic nitrogens is 2. The molecular formula is C19H20N2O3. The summed E-state index contributed by atoms with van der Waals surface area (Å²) in [7, 11) is 1.61. The molecule has 0 radical (unpaired) electrons. The van der Waals surface area contributed by atoms with E-state index in [4.69, 9.17) is 13.9 Å². The second kappa shape index (κ2) is 7.17. The number of rotatable bonds is 6. The van der Waals surface area contributed by atoms with E-state index in [1.807, 2.05) is 42.5 Å². The van der Waals surface area contributed by atoms with Gasteiger partial charge in [-0.3, -0.25) is 0 Å². The molecule has 1 heterocycles. The van der Waals surface area contributed by atoms with E-state index in [1.165, 1.54) is 5.56 Å². The fourth-order valence-electron chi connectivity index (χ4n) is 2.35. The van der Waals surface area contributed by atoms with Gasteiger partial charge < -0.3 is 13.9 Å². The third-order valence-electron chi connectivity index (χ3n) is 3.69. The van der Waals surface area contributed by atoms with Crippen molar-refractivity contribution in [3.63, 3.8) is 0 Å². The molecule has 3 aromatic rings. The molecule has 3 rings (SSSR count). The number of nitrogens with zero attached hydrogens (tertiary/aromatic N) is 2. The van der Waals surface area contributed by atoms with Crippen molar-refractivity contribution in [1.29, 1.82) is 0 Å². The van der Waals surface area contributed by atoms with Gasteiger partial charge in [0, 0.05) is 0 Å². The first-order valence-corrected chi connectivity index (χ1v) is 7.86. The van der Waals surface area contributed by atoms with Gasteiger partial charge in [0.15, 0.2) is 6.61 Å². The molecule has 0 aliphatic heterocycles. The van der Waals surface area contributed by atoms with Crippen LogP contribution in [-0.4, -0.2) is 17.3 Å². The molecule has 5 nitrogen and oxygen atoms in total. The third-order valence-corrected chi connectivity index (χ3v) is 3.69. The molecule has 0 saturated carbocycles. The van der Waals surface area contributed by atoms with Crippen LogP contribution in [0, 0.1) is 0 Å². The van der Waals surface area contributed by atoms with Crippen LogP contribution in [0.1, 0.15) is 31.2 Å². The zero-order valence-corrected chi connectivity index (χ0v) is 14.0. The molecule has 0 saturated heterocycles. The highest BCUT2D eigenvalue weighted by Gasteiger charge is 2.13. The maximum absolute atomic E-state index is 5.76. The molecule has 0 unspecified atom stereocenters. The Balaban J connectivity index is 1.72. The SMILES string of the molecule is COc1ccccc1-c1nnc(COc2cccc(C(C)C)c2)o1. The van der Waals surface area contributed by atoms with E-state index in [2.05, 4.69) is 30.1 Å². The van der Waals surface area contributed by atoms with Gasteiger partial charge in [-0.15, -0.1) is 10.2 Å². The number of benzene rings is 2. The summed E-state index contributed by atoms with van der Waals surface area (Å²) in [5.74, 6) is 2.78. The van der Waals surface area contributed by atoms with Crippen molar-refractivity contribution >= 4 is 0 Å². The van der Waals surface area contributed by atoms with E-state index < -0.39 is 0 Å². The van der Waals surface area contributed by atoms with Gasteiger partial charge in [0.05, 0.1) is 12.7 Å². The lowest BCUT2D eigenvalue weighted by atomic mass is 10.0. The highest BCUT2D eigenvalue weighted by molar-refractivity contribution is 5.62. The summed E-state index contributed by atoms with van der Waals surface area (Å²) in [5, 5.41) is 8.12. The monoisotopic (exact) mass is 324 g/mol. The van der Waals surface area contributed by atoms with Gasteiger partial charge in [-0.2, -0.15) is 0 Å². The van der Waals surface area contributed by atoms with Crippen molar-refractivity contribution in [2.45, 2.75) is 26.4 Å². The van der Waals surface area contributed by atoms with Crippen LogP contribution in [0.5, 0.6) is 11.5 Å². The molecular weight excluding hydrogens is 304 g/mol. The molecule has 0 N–H and O–H groups in total. The van der Waals surface area contributed by atoms with Crippen LogP contribution in [0.25, 0.3) is 11.5 Å². The predicted molar refractivity (Wildman–Crippen MR) is 91.1 cm³/mol. The third kappa shape index (κ3) is 3.56. The highest BCUT2D eigenvalue weighted by Crippen LogP contribution is 2.28. The molecule has 0 aliphatic rings. The quantitative estimate of drug-likeness (QED) is 0.670. The molecule has 0 atom stereocenters. The Morgan fingerprint density at radius 2 is 1.88 bits per heavy atom. The number of hydrogen-bond acceptors (Lipinski definition) is 5. The first kappa shape index (κ1) is 16.1. The van der Waals surface area contributed by atoms with Crippen molar-refractivity contribution in [2.24, 2.45) is 0 Å². The molecule has 24 heavy (non-hydrogen) atoms. The van der Waals surface area contributed by atoms with E-state index in [1.54, 1.807) is 7.11 Å². The molecule has 0 spiro atoms. The van der Waals surface area contributed by atoms with Crippen LogP contribution >= 0.6 is 0 Å². The van der Waals surface area contributed by atoms with E-state index in [0.29, 0.717) is 23.4 Å². The lowest BCUT2D eigenvalue weighted by Gasteiger charge is -2.08.